The third kappa shape index (κ3) is 4.55. The fourth-order valence-corrected chi connectivity index (χ4v) is 15.2. The second kappa shape index (κ2) is 11.2. The van der Waals surface area contributed by atoms with Gasteiger partial charge in [0, 0.05) is 23.7 Å². The molecule has 248 valence electrons. The molecule has 0 aromatic rings. The van der Waals surface area contributed by atoms with Gasteiger partial charge >= 0.3 is 0 Å². The van der Waals surface area contributed by atoms with Crippen LogP contribution in [0, 0.1) is 69.0 Å². The molecule has 44 heavy (non-hydrogen) atoms. The SMILES string of the molecule is C[C@]12CC[C@@H](O)[C@@H](Cl)[C@@H]1CC[C@@H]1[C@@H]2CC[C@@]2(C)C(=O)CC[C@@H]12.C[C@]12CC[C@@H](O)[C@@H](Cl)[C@@H]1CC[C@@H]1[C@@H]2CC[C@@]2(C)C(=O)CC[C@@H]12. The number of halogens is 2. The molecule has 0 aromatic carbocycles. The monoisotopic (exact) mass is 648 g/mol. The van der Waals surface area contributed by atoms with Gasteiger partial charge in [-0.15, -0.1) is 23.2 Å². The van der Waals surface area contributed by atoms with Gasteiger partial charge in [-0.3, -0.25) is 9.59 Å². The maximum Gasteiger partial charge on any atom is 0.139 e. The average molecular weight is 650 g/mol. The van der Waals surface area contributed by atoms with E-state index in [1.807, 2.05) is 0 Å². The number of aliphatic hydroxyl groups is 2. The Morgan fingerprint density at radius 2 is 0.886 bits per heavy atom. The topological polar surface area (TPSA) is 74.6 Å². The van der Waals surface area contributed by atoms with Crippen LogP contribution in [0.2, 0.25) is 0 Å². The van der Waals surface area contributed by atoms with Gasteiger partial charge in [-0.2, -0.15) is 0 Å². The molecule has 0 aromatic heterocycles. The van der Waals surface area contributed by atoms with E-state index in [4.69, 9.17) is 23.2 Å². The first-order valence-electron chi connectivity index (χ1n) is 18.5. The number of alkyl halides is 2. The molecule has 0 saturated heterocycles. The smallest absolute Gasteiger partial charge is 0.139 e. The predicted octanol–water partition coefficient (Wildman–Crippen LogP) is 8.35. The first kappa shape index (κ1) is 32.4. The highest BCUT2D eigenvalue weighted by atomic mass is 35.5. The minimum absolute atomic E-state index is 0.0289. The standard InChI is InChI=1S/2C19H29ClO2/c2*1-18-10-8-15(21)17(20)14(18)4-3-11-12-5-6-16(22)19(12,2)9-7-13(11)18/h2*11-15,17,21H,3-10H2,1-2H3/t2*11-,12-,13-,14-,15+,17-,18+,19+/m00/s1. The molecule has 8 saturated carbocycles. The average Bonchev–Trinajstić information content (AvgIpc) is 3.48. The second-order valence-electron chi connectivity index (χ2n) is 18.1. The van der Waals surface area contributed by atoms with E-state index in [-0.39, 0.29) is 44.6 Å². The van der Waals surface area contributed by atoms with Crippen LogP contribution in [-0.4, -0.2) is 44.7 Å². The van der Waals surface area contributed by atoms with Crippen LogP contribution in [0.1, 0.15) is 130 Å². The van der Waals surface area contributed by atoms with Crippen molar-refractivity contribution in [3.05, 3.63) is 0 Å². The molecule has 0 aliphatic heterocycles. The van der Waals surface area contributed by atoms with Crippen molar-refractivity contribution in [1.29, 1.82) is 0 Å². The molecule has 16 atom stereocenters. The van der Waals surface area contributed by atoms with E-state index < -0.39 is 0 Å². The largest absolute Gasteiger partial charge is 0.392 e. The number of carbonyl (C=O) groups is 2. The van der Waals surface area contributed by atoms with Crippen molar-refractivity contribution < 1.29 is 19.8 Å². The Morgan fingerprint density at radius 1 is 0.500 bits per heavy atom. The van der Waals surface area contributed by atoms with Crippen molar-refractivity contribution >= 4 is 34.8 Å². The van der Waals surface area contributed by atoms with Crippen molar-refractivity contribution in [3.8, 4) is 0 Å². The lowest BCUT2D eigenvalue weighted by molar-refractivity contribution is -0.142. The zero-order valence-electron chi connectivity index (χ0n) is 27.7. The number of hydrogen-bond acceptors (Lipinski definition) is 4. The number of fused-ring (bicyclic) bond motifs is 10. The highest BCUT2D eigenvalue weighted by Gasteiger charge is 2.63. The number of aliphatic hydroxyl groups excluding tert-OH is 2. The maximum atomic E-state index is 12.4. The molecule has 0 amide bonds. The van der Waals surface area contributed by atoms with Gasteiger partial charge in [0.25, 0.3) is 0 Å². The molecule has 2 N–H and O–H groups in total. The third-order valence-electron chi connectivity index (χ3n) is 16.8. The van der Waals surface area contributed by atoms with Gasteiger partial charge in [0.15, 0.2) is 0 Å². The molecule has 8 fully saturated rings. The molecule has 8 aliphatic carbocycles. The molecule has 0 radical (unpaired) electrons. The van der Waals surface area contributed by atoms with Crippen molar-refractivity contribution in [2.45, 2.75) is 153 Å². The molecule has 0 unspecified atom stereocenters. The molecule has 4 nitrogen and oxygen atoms in total. The summed E-state index contributed by atoms with van der Waals surface area (Å²) in [6.07, 6.45) is 16.4. The second-order valence-corrected chi connectivity index (χ2v) is 19.1. The minimum atomic E-state index is -0.321. The van der Waals surface area contributed by atoms with Gasteiger partial charge in [0.05, 0.1) is 23.0 Å². The van der Waals surface area contributed by atoms with Gasteiger partial charge in [-0.1, -0.05) is 27.7 Å². The number of carbonyl (C=O) groups excluding carboxylic acids is 2. The number of hydrogen-bond donors (Lipinski definition) is 2. The molecule has 8 aliphatic rings. The van der Waals surface area contributed by atoms with Gasteiger partial charge < -0.3 is 10.2 Å². The van der Waals surface area contributed by atoms with E-state index in [9.17, 15) is 19.8 Å². The summed E-state index contributed by atoms with van der Waals surface area (Å²) in [7, 11) is 0. The van der Waals surface area contributed by atoms with Crippen molar-refractivity contribution in [2.24, 2.45) is 69.0 Å². The van der Waals surface area contributed by atoms with E-state index in [2.05, 4.69) is 27.7 Å². The van der Waals surface area contributed by atoms with Crippen molar-refractivity contribution in [2.75, 3.05) is 0 Å². The molecule has 6 heteroatoms. The van der Waals surface area contributed by atoms with Gasteiger partial charge in [0.2, 0.25) is 0 Å². The van der Waals surface area contributed by atoms with Crippen molar-refractivity contribution in [1.82, 2.24) is 0 Å². The summed E-state index contributed by atoms with van der Waals surface area (Å²) >= 11 is 13.2. The Kier molecular flexibility index (Phi) is 8.24. The zero-order chi connectivity index (χ0) is 31.4. The van der Waals surface area contributed by atoms with E-state index >= 15 is 0 Å². The van der Waals surface area contributed by atoms with E-state index in [1.54, 1.807) is 0 Å². The summed E-state index contributed by atoms with van der Waals surface area (Å²) in [4.78, 5) is 24.8. The molecular weight excluding hydrogens is 591 g/mol. The summed E-state index contributed by atoms with van der Waals surface area (Å²) < 4.78 is 0. The van der Waals surface area contributed by atoms with Crippen LogP contribution >= 0.6 is 23.2 Å². The van der Waals surface area contributed by atoms with Crippen LogP contribution in [-0.2, 0) is 9.59 Å². The summed E-state index contributed by atoms with van der Waals surface area (Å²) in [6.45, 7) is 9.36. The Hall–Kier alpha value is -0.160. The predicted molar refractivity (Wildman–Crippen MR) is 176 cm³/mol. The highest BCUT2D eigenvalue weighted by Crippen LogP contribution is 2.67. The number of ketones is 2. The van der Waals surface area contributed by atoms with Crippen LogP contribution in [0.25, 0.3) is 0 Å². The lowest BCUT2D eigenvalue weighted by atomic mass is 9.45. The van der Waals surface area contributed by atoms with Crippen LogP contribution in [0.15, 0.2) is 0 Å². The maximum absolute atomic E-state index is 12.4. The molecule has 0 heterocycles. The van der Waals surface area contributed by atoms with Crippen LogP contribution in [0.5, 0.6) is 0 Å². The lowest BCUT2D eigenvalue weighted by Gasteiger charge is -2.61. The molecule has 8 rings (SSSR count). The lowest BCUT2D eigenvalue weighted by Crippen LogP contribution is -2.57. The van der Waals surface area contributed by atoms with Crippen molar-refractivity contribution in [3.63, 3.8) is 0 Å². The number of Topliss-reactive ketones (excluding diaryl/α,β-unsaturated/α-hetero) is 2. The van der Waals surface area contributed by atoms with Gasteiger partial charge in [-0.25, -0.2) is 0 Å². The Bertz CT molecular complexity index is 1070. The third-order valence-corrected chi connectivity index (χ3v) is 18.0. The first-order chi connectivity index (χ1) is 20.8. The van der Waals surface area contributed by atoms with Crippen LogP contribution in [0.3, 0.4) is 0 Å². The van der Waals surface area contributed by atoms with Crippen LogP contribution in [0.4, 0.5) is 0 Å². The first-order valence-corrected chi connectivity index (χ1v) is 19.3. The minimum Gasteiger partial charge on any atom is -0.392 e. The Balaban J connectivity index is 0.000000142. The number of rotatable bonds is 0. The Labute approximate surface area is 276 Å². The normalized spacial score (nSPS) is 57.9. The summed E-state index contributed by atoms with van der Waals surface area (Å²) in [6, 6.07) is 0. The summed E-state index contributed by atoms with van der Waals surface area (Å²) in [5.74, 6) is 6.04. The quantitative estimate of drug-likeness (QED) is 0.259. The summed E-state index contributed by atoms with van der Waals surface area (Å²) in [5.41, 5.74) is 0.501. The van der Waals surface area contributed by atoms with E-state index in [1.165, 1.54) is 25.7 Å². The van der Waals surface area contributed by atoms with E-state index in [0.717, 1.165) is 77.0 Å². The van der Waals surface area contributed by atoms with Gasteiger partial charge in [0.1, 0.15) is 11.6 Å². The van der Waals surface area contributed by atoms with Gasteiger partial charge in [-0.05, 0) is 148 Å². The highest BCUT2D eigenvalue weighted by molar-refractivity contribution is 6.21. The molecular formula is C38H58Cl2O4. The molecule has 0 spiro atoms. The van der Waals surface area contributed by atoms with Crippen LogP contribution < -0.4 is 0 Å². The Morgan fingerprint density at radius 3 is 1.27 bits per heavy atom. The zero-order valence-corrected chi connectivity index (χ0v) is 29.2. The fraction of sp³-hybridized carbons (Fsp3) is 0.947. The molecule has 0 bridgehead atoms. The van der Waals surface area contributed by atoms with E-state index in [0.29, 0.717) is 58.9 Å². The summed E-state index contributed by atoms with van der Waals surface area (Å²) in [5, 5.41) is 20.2. The fourth-order valence-electron chi connectivity index (χ4n) is 14.1.